The SMILES string of the molecule is CS(=O)(=O)N(Cc1c(Cl)cccc1Cl)c1ccc(C(=O)NCc2ccccc2-n2ccnc2)cc1. The number of hydrogen-bond donors (Lipinski definition) is 1. The molecule has 180 valence electrons. The van der Waals surface area contributed by atoms with Gasteiger partial charge in [0.2, 0.25) is 10.0 Å². The molecule has 0 radical (unpaired) electrons. The number of hydrogen-bond acceptors (Lipinski definition) is 4. The van der Waals surface area contributed by atoms with E-state index in [-0.39, 0.29) is 12.5 Å². The fourth-order valence-electron chi connectivity index (χ4n) is 3.60. The molecule has 0 spiro atoms. The number of para-hydroxylation sites is 1. The third kappa shape index (κ3) is 5.85. The van der Waals surface area contributed by atoms with Gasteiger partial charge in [-0.2, -0.15) is 0 Å². The molecule has 1 aromatic heterocycles. The zero-order valence-electron chi connectivity index (χ0n) is 18.7. The smallest absolute Gasteiger partial charge is 0.251 e. The minimum Gasteiger partial charge on any atom is -0.348 e. The van der Waals surface area contributed by atoms with E-state index in [9.17, 15) is 13.2 Å². The summed E-state index contributed by atoms with van der Waals surface area (Å²) in [5, 5.41) is 3.66. The van der Waals surface area contributed by atoms with Gasteiger partial charge in [0.1, 0.15) is 0 Å². The molecule has 4 rings (SSSR count). The molecule has 7 nitrogen and oxygen atoms in total. The molecule has 0 aliphatic heterocycles. The Labute approximate surface area is 214 Å². The second kappa shape index (κ2) is 10.5. The van der Waals surface area contributed by atoms with Gasteiger partial charge in [-0.05, 0) is 48.0 Å². The largest absolute Gasteiger partial charge is 0.348 e. The summed E-state index contributed by atoms with van der Waals surface area (Å²) < 4.78 is 28.1. The molecule has 1 amide bonds. The molecule has 0 aliphatic rings. The quantitative estimate of drug-likeness (QED) is 0.345. The summed E-state index contributed by atoms with van der Waals surface area (Å²) >= 11 is 12.5. The van der Waals surface area contributed by atoms with Crippen molar-refractivity contribution in [1.82, 2.24) is 14.9 Å². The first kappa shape index (κ1) is 24.8. The molecule has 4 aromatic rings. The monoisotopic (exact) mass is 528 g/mol. The van der Waals surface area contributed by atoms with Crippen LogP contribution in [0.1, 0.15) is 21.5 Å². The van der Waals surface area contributed by atoms with Crippen molar-refractivity contribution in [3.63, 3.8) is 0 Å². The minimum atomic E-state index is -3.65. The maximum Gasteiger partial charge on any atom is 0.251 e. The Hall–Kier alpha value is -3.33. The van der Waals surface area contributed by atoms with Crippen molar-refractivity contribution >= 4 is 44.8 Å². The number of imidazole rings is 1. The first-order valence-electron chi connectivity index (χ1n) is 10.6. The van der Waals surface area contributed by atoms with Crippen LogP contribution in [0.4, 0.5) is 5.69 Å². The Kier molecular flexibility index (Phi) is 7.45. The van der Waals surface area contributed by atoms with E-state index in [4.69, 9.17) is 23.2 Å². The van der Waals surface area contributed by atoms with Crippen molar-refractivity contribution in [3.8, 4) is 5.69 Å². The lowest BCUT2D eigenvalue weighted by Crippen LogP contribution is -2.29. The third-order valence-corrected chi connectivity index (χ3v) is 7.24. The number of nitrogens with one attached hydrogen (secondary N) is 1. The van der Waals surface area contributed by atoms with E-state index in [0.29, 0.717) is 33.4 Å². The van der Waals surface area contributed by atoms with Gasteiger partial charge in [-0.25, -0.2) is 13.4 Å². The Balaban J connectivity index is 1.50. The number of amides is 1. The zero-order valence-corrected chi connectivity index (χ0v) is 21.1. The van der Waals surface area contributed by atoms with E-state index in [1.54, 1.807) is 55.0 Å². The van der Waals surface area contributed by atoms with Crippen molar-refractivity contribution < 1.29 is 13.2 Å². The van der Waals surface area contributed by atoms with Gasteiger partial charge >= 0.3 is 0 Å². The molecule has 0 saturated carbocycles. The first-order valence-corrected chi connectivity index (χ1v) is 13.2. The Morgan fingerprint density at radius 2 is 1.69 bits per heavy atom. The number of anilines is 1. The molecule has 0 aliphatic carbocycles. The summed E-state index contributed by atoms with van der Waals surface area (Å²) in [5.41, 5.74) is 3.14. The number of carbonyl (C=O) groups is 1. The molecule has 0 unspecified atom stereocenters. The number of rotatable bonds is 8. The van der Waals surface area contributed by atoms with Crippen molar-refractivity contribution in [2.75, 3.05) is 10.6 Å². The van der Waals surface area contributed by atoms with Crippen LogP contribution in [-0.4, -0.2) is 30.1 Å². The van der Waals surface area contributed by atoms with Gasteiger partial charge in [-0.3, -0.25) is 9.10 Å². The van der Waals surface area contributed by atoms with E-state index in [1.165, 1.54) is 4.31 Å². The van der Waals surface area contributed by atoms with E-state index >= 15 is 0 Å². The van der Waals surface area contributed by atoms with Crippen LogP contribution in [0.25, 0.3) is 5.69 Å². The first-order chi connectivity index (χ1) is 16.7. The standard InChI is InChI=1S/C25H22Cl2N4O3S/c1-35(33,34)31(16-21-22(26)6-4-7-23(21)27)20-11-9-18(10-12-20)25(32)29-15-19-5-2-3-8-24(19)30-14-13-28-17-30/h2-14,17H,15-16H2,1H3,(H,29,32). The predicted molar refractivity (Wildman–Crippen MR) is 139 cm³/mol. The van der Waals surface area contributed by atoms with E-state index < -0.39 is 10.0 Å². The highest BCUT2D eigenvalue weighted by atomic mass is 35.5. The number of carbonyl (C=O) groups excluding carboxylic acids is 1. The van der Waals surface area contributed by atoms with Crippen molar-refractivity contribution in [2.45, 2.75) is 13.1 Å². The number of aromatic nitrogens is 2. The molecule has 0 atom stereocenters. The second-order valence-corrected chi connectivity index (χ2v) is 10.5. The molecule has 1 heterocycles. The van der Waals surface area contributed by atoms with Crippen LogP contribution in [-0.2, 0) is 23.1 Å². The van der Waals surface area contributed by atoms with Gasteiger partial charge in [0.05, 0.1) is 30.5 Å². The lowest BCUT2D eigenvalue weighted by atomic mass is 10.1. The molecule has 0 saturated heterocycles. The van der Waals surface area contributed by atoms with Crippen molar-refractivity contribution in [3.05, 3.63) is 112 Å². The highest BCUT2D eigenvalue weighted by Crippen LogP contribution is 2.29. The summed E-state index contributed by atoms with van der Waals surface area (Å²) in [6.07, 6.45) is 6.33. The van der Waals surface area contributed by atoms with Gasteiger partial charge < -0.3 is 9.88 Å². The summed E-state index contributed by atoms with van der Waals surface area (Å²) in [4.78, 5) is 16.8. The topological polar surface area (TPSA) is 84.3 Å². The number of halogens is 2. The molecule has 10 heteroatoms. The van der Waals surface area contributed by atoms with Crippen molar-refractivity contribution in [2.24, 2.45) is 0 Å². The maximum atomic E-state index is 12.8. The van der Waals surface area contributed by atoms with Crippen LogP contribution in [0.15, 0.2) is 85.5 Å². The minimum absolute atomic E-state index is 0.0338. The number of sulfonamides is 1. The number of nitrogens with zero attached hydrogens (tertiary/aromatic N) is 3. The summed E-state index contributed by atoms with van der Waals surface area (Å²) in [6.45, 7) is 0.281. The van der Waals surface area contributed by atoms with Gasteiger partial charge in [0, 0.05) is 40.1 Å². The Morgan fingerprint density at radius 3 is 2.31 bits per heavy atom. The summed E-state index contributed by atoms with van der Waals surface area (Å²) in [6, 6.07) is 19.0. The van der Waals surface area contributed by atoms with E-state index in [2.05, 4.69) is 10.3 Å². The van der Waals surface area contributed by atoms with Crippen LogP contribution in [0.3, 0.4) is 0 Å². The second-order valence-electron chi connectivity index (χ2n) is 7.80. The van der Waals surface area contributed by atoms with E-state index in [0.717, 1.165) is 17.5 Å². The summed E-state index contributed by atoms with van der Waals surface area (Å²) in [5.74, 6) is -0.281. The fraction of sp³-hybridized carbons (Fsp3) is 0.120. The average Bonchev–Trinajstić information content (AvgIpc) is 3.37. The van der Waals surface area contributed by atoms with Crippen LogP contribution in [0.2, 0.25) is 10.0 Å². The Morgan fingerprint density at radius 1 is 1.00 bits per heavy atom. The Bertz CT molecular complexity index is 1420. The lowest BCUT2D eigenvalue weighted by molar-refractivity contribution is 0.0951. The van der Waals surface area contributed by atoms with Crippen molar-refractivity contribution in [1.29, 1.82) is 0 Å². The zero-order chi connectivity index (χ0) is 25.0. The maximum absolute atomic E-state index is 12.8. The normalized spacial score (nSPS) is 11.3. The highest BCUT2D eigenvalue weighted by Gasteiger charge is 2.21. The summed E-state index contributed by atoms with van der Waals surface area (Å²) in [7, 11) is -3.65. The molecular weight excluding hydrogens is 507 g/mol. The predicted octanol–water partition coefficient (Wildman–Crippen LogP) is 5.08. The van der Waals surface area contributed by atoms with Gasteiger partial charge in [0.15, 0.2) is 0 Å². The van der Waals surface area contributed by atoms with Gasteiger partial charge in [0.25, 0.3) is 5.91 Å². The molecule has 35 heavy (non-hydrogen) atoms. The fourth-order valence-corrected chi connectivity index (χ4v) is 4.98. The molecule has 1 N–H and O–H groups in total. The molecule has 3 aromatic carbocycles. The van der Waals surface area contributed by atoms with Crippen LogP contribution >= 0.6 is 23.2 Å². The molecule has 0 fully saturated rings. The lowest BCUT2D eigenvalue weighted by Gasteiger charge is -2.23. The molecular formula is C25H22Cl2N4O3S. The van der Waals surface area contributed by atoms with Gasteiger partial charge in [-0.1, -0.05) is 47.5 Å². The van der Waals surface area contributed by atoms with Gasteiger partial charge in [-0.15, -0.1) is 0 Å². The van der Waals surface area contributed by atoms with E-state index in [1.807, 2.05) is 35.0 Å². The highest BCUT2D eigenvalue weighted by molar-refractivity contribution is 7.92. The van der Waals surface area contributed by atoms with Crippen LogP contribution in [0, 0.1) is 0 Å². The number of benzene rings is 3. The average molecular weight is 529 g/mol. The van der Waals surface area contributed by atoms with Crippen LogP contribution < -0.4 is 9.62 Å². The molecule has 0 bridgehead atoms. The third-order valence-electron chi connectivity index (χ3n) is 5.39. The van der Waals surface area contributed by atoms with Crippen LogP contribution in [0.5, 0.6) is 0 Å².